The van der Waals surface area contributed by atoms with Crippen molar-refractivity contribution in [3.05, 3.63) is 17.0 Å². The largest absolute Gasteiger partial charge is 0.381 e. The molecule has 1 aromatic rings. The minimum Gasteiger partial charge on any atom is -0.381 e. The molecule has 2 fully saturated rings. The Morgan fingerprint density at radius 2 is 1.90 bits per heavy atom. The van der Waals surface area contributed by atoms with Gasteiger partial charge in [0.15, 0.2) is 0 Å². The van der Waals surface area contributed by atoms with Gasteiger partial charge in [0.2, 0.25) is 5.91 Å². The van der Waals surface area contributed by atoms with Gasteiger partial charge >= 0.3 is 0 Å². The van der Waals surface area contributed by atoms with Crippen molar-refractivity contribution in [3.63, 3.8) is 0 Å². The molecule has 1 amide bonds. The Labute approximate surface area is 126 Å². The topological polar surface area (TPSA) is 58.2 Å². The predicted octanol–water partition coefficient (Wildman–Crippen LogP) is 1.99. The summed E-state index contributed by atoms with van der Waals surface area (Å²) in [5.74, 6) is 0.240. The van der Waals surface area contributed by atoms with Crippen LogP contribution in [-0.2, 0) is 16.0 Å². The highest BCUT2D eigenvalue weighted by Gasteiger charge is 2.37. The van der Waals surface area contributed by atoms with Gasteiger partial charge in [-0.2, -0.15) is 5.10 Å². The lowest BCUT2D eigenvalue weighted by Crippen LogP contribution is -2.45. The van der Waals surface area contributed by atoms with Gasteiger partial charge in [0.1, 0.15) is 0 Å². The summed E-state index contributed by atoms with van der Waals surface area (Å²) in [6.45, 7) is 7.52. The molecule has 0 unspecified atom stereocenters. The molecule has 1 spiro atoms. The standard InChI is InChI=1S/C16H25N3O2/c1-12-14(13(2)18-17-12)11-15(20)19-7-3-16(4-8-19)5-9-21-10-6-16/h3-11H2,1-2H3,(H,17,18). The fraction of sp³-hybridized carbons (Fsp3) is 0.750. The highest BCUT2D eigenvalue weighted by atomic mass is 16.5. The molecule has 1 N–H and O–H groups in total. The van der Waals surface area contributed by atoms with Crippen LogP contribution < -0.4 is 0 Å². The minimum absolute atomic E-state index is 0.240. The number of carbonyl (C=O) groups is 1. The van der Waals surface area contributed by atoms with E-state index < -0.39 is 0 Å². The van der Waals surface area contributed by atoms with Gasteiger partial charge in [-0.1, -0.05) is 0 Å². The molecule has 0 radical (unpaired) electrons. The molecule has 1 aromatic heterocycles. The first-order valence-electron chi connectivity index (χ1n) is 7.96. The average molecular weight is 291 g/mol. The van der Waals surface area contributed by atoms with E-state index in [1.54, 1.807) is 0 Å². The van der Waals surface area contributed by atoms with E-state index in [-0.39, 0.29) is 5.91 Å². The smallest absolute Gasteiger partial charge is 0.227 e. The molecule has 2 aliphatic rings. The molecule has 0 aliphatic carbocycles. The number of ether oxygens (including phenoxy) is 1. The average Bonchev–Trinajstić information content (AvgIpc) is 2.81. The second kappa shape index (κ2) is 5.79. The van der Waals surface area contributed by atoms with Crippen LogP contribution in [0.4, 0.5) is 0 Å². The summed E-state index contributed by atoms with van der Waals surface area (Å²) in [4.78, 5) is 14.5. The highest BCUT2D eigenvalue weighted by Crippen LogP contribution is 2.40. The number of likely N-dealkylation sites (tertiary alicyclic amines) is 1. The number of nitrogens with zero attached hydrogens (tertiary/aromatic N) is 2. The number of nitrogens with one attached hydrogen (secondary N) is 1. The summed E-state index contributed by atoms with van der Waals surface area (Å²) < 4.78 is 5.48. The van der Waals surface area contributed by atoms with Crippen LogP contribution in [0.15, 0.2) is 0 Å². The molecular formula is C16H25N3O2. The maximum Gasteiger partial charge on any atom is 0.227 e. The summed E-state index contributed by atoms with van der Waals surface area (Å²) in [5, 5.41) is 7.13. The molecule has 116 valence electrons. The van der Waals surface area contributed by atoms with Crippen molar-refractivity contribution in [1.29, 1.82) is 0 Å². The first kappa shape index (κ1) is 14.6. The number of aryl methyl sites for hydroxylation is 2. The first-order valence-corrected chi connectivity index (χ1v) is 7.96. The highest BCUT2D eigenvalue weighted by molar-refractivity contribution is 5.79. The van der Waals surface area contributed by atoms with Crippen LogP contribution in [-0.4, -0.2) is 47.3 Å². The molecule has 3 heterocycles. The molecule has 5 heteroatoms. The van der Waals surface area contributed by atoms with Gasteiger partial charge in [-0.05, 0) is 44.9 Å². The number of piperidine rings is 1. The minimum atomic E-state index is 0.240. The second-order valence-corrected chi connectivity index (χ2v) is 6.58. The fourth-order valence-electron chi connectivity index (χ4n) is 3.63. The Morgan fingerprint density at radius 3 is 2.48 bits per heavy atom. The molecule has 0 atom stereocenters. The Bertz CT molecular complexity index is 488. The SMILES string of the molecule is Cc1n[nH]c(C)c1CC(=O)N1CCC2(CCOCC2)CC1. The van der Waals surface area contributed by atoms with Gasteiger partial charge in [0, 0.05) is 37.6 Å². The van der Waals surface area contributed by atoms with Gasteiger partial charge in [0.05, 0.1) is 12.1 Å². The summed E-state index contributed by atoms with van der Waals surface area (Å²) in [6, 6.07) is 0. The van der Waals surface area contributed by atoms with Crippen molar-refractivity contribution in [2.45, 2.75) is 46.0 Å². The molecule has 0 aromatic carbocycles. The van der Waals surface area contributed by atoms with E-state index in [0.717, 1.165) is 68.9 Å². The number of hydrogen-bond acceptors (Lipinski definition) is 3. The zero-order chi connectivity index (χ0) is 14.9. The van der Waals surface area contributed by atoms with Crippen molar-refractivity contribution in [2.24, 2.45) is 5.41 Å². The van der Waals surface area contributed by atoms with Crippen LogP contribution in [0, 0.1) is 19.3 Å². The zero-order valence-corrected chi connectivity index (χ0v) is 13.1. The van der Waals surface area contributed by atoms with E-state index >= 15 is 0 Å². The molecule has 0 saturated carbocycles. The fourth-order valence-corrected chi connectivity index (χ4v) is 3.63. The summed E-state index contributed by atoms with van der Waals surface area (Å²) in [6.07, 6.45) is 5.06. The lowest BCUT2D eigenvalue weighted by molar-refractivity contribution is -0.134. The normalized spacial score (nSPS) is 21.7. The number of aromatic amines is 1. The molecule has 2 aliphatic heterocycles. The van der Waals surface area contributed by atoms with Crippen LogP contribution in [0.5, 0.6) is 0 Å². The molecule has 5 nitrogen and oxygen atoms in total. The number of amides is 1. The lowest BCUT2D eigenvalue weighted by atomic mass is 9.72. The van der Waals surface area contributed by atoms with E-state index in [9.17, 15) is 4.79 Å². The Morgan fingerprint density at radius 1 is 1.24 bits per heavy atom. The number of H-pyrrole nitrogens is 1. The van der Waals surface area contributed by atoms with Gasteiger partial charge in [-0.3, -0.25) is 9.89 Å². The second-order valence-electron chi connectivity index (χ2n) is 6.58. The van der Waals surface area contributed by atoms with E-state index in [1.807, 2.05) is 18.7 Å². The Hall–Kier alpha value is -1.36. The zero-order valence-electron chi connectivity index (χ0n) is 13.1. The van der Waals surface area contributed by atoms with E-state index in [4.69, 9.17) is 4.74 Å². The Kier molecular flexibility index (Phi) is 4.02. The maximum absolute atomic E-state index is 12.5. The van der Waals surface area contributed by atoms with Crippen molar-refractivity contribution in [1.82, 2.24) is 15.1 Å². The molecule has 3 rings (SSSR count). The molecular weight excluding hydrogens is 266 g/mol. The molecule has 0 bridgehead atoms. The summed E-state index contributed by atoms with van der Waals surface area (Å²) in [5.41, 5.74) is 3.46. The van der Waals surface area contributed by atoms with E-state index in [0.29, 0.717) is 11.8 Å². The maximum atomic E-state index is 12.5. The van der Waals surface area contributed by atoms with Crippen LogP contribution in [0.2, 0.25) is 0 Å². The van der Waals surface area contributed by atoms with Crippen molar-refractivity contribution >= 4 is 5.91 Å². The van der Waals surface area contributed by atoms with Crippen LogP contribution in [0.25, 0.3) is 0 Å². The lowest BCUT2D eigenvalue weighted by Gasteiger charge is -2.44. The van der Waals surface area contributed by atoms with E-state index in [1.165, 1.54) is 0 Å². The number of carbonyl (C=O) groups excluding carboxylic acids is 1. The van der Waals surface area contributed by atoms with Crippen LogP contribution >= 0.6 is 0 Å². The number of hydrogen-bond donors (Lipinski definition) is 1. The van der Waals surface area contributed by atoms with Crippen molar-refractivity contribution < 1.29 is 9.53 Å². The summed E-state index contributed by atoms with van der Waals surface area (Å²) in [7, 11) is 0. The monoisotopic (exact) mass is 291 g/mol. The van der Waals surface area contributed by atoms with Gasteiger partial charge in [-0.15, -0.1) is 0 Å². The van der Waals surface area contributed by atoms with Crippen LogP contribution in [0.3, 0.4) is 0 Å². The molecule has 21 heavy (non-hydrogen) atoms. The third-order valence-corrected chi connectivity index (χ3v) is 5.34. The third-order valence-electron chi connectivity index (χ3n) is 5.34. The van der Waals surface area contributed by atoms with Gasteiger partial charge in [-0.25, -0.2) is 0 Å². The van der Waals surface area contributed by atoms with Crippen LogP contribution in [0.1, 0.15) is 42.6 Å². The quantitative estimate of drug-likeness (QED) is 0.906. The van der Waals surface area contributed by atoms with Crippen molar-refractivity contribution in [3.8, 4) is 0 Å². The number of aromatic nitrogens is 2. The summed E-state index contributed by atoms with van der Waals surface area (Å²) >= 11 is 0. The van der Waals surface area contributed by atoms with E-state index in [2.05, 4.69) is 10.2 Å². The first-order chi connectivity index (χ1) is 10.1. The Balaban J connectivity index is 1.58. The van der Waals surface area contributed by atoms with Gasteiger partial charge in [0.25, 0.3) is 0 Å². The van der Waals surface area contributed by atoms with Gasteiger partial charge < -0.3 is 9.64 Å². The number of rotatable bonds is 2. The predicted molar refractivity (Wildman–Crippen MR) is 80.1 cm³/mol. The van der Waals surface area contributed by atoms with Crippen molar-refractivity contribution in [2.75, 3.05) is 26.3 Å². The molecule has 2 saturated heterocycles. The third kappa shape index (κ3) is 2.98.